The summed E-state index contributed by atoms with van der Waals surface area (Å²) in [5.74, 6) is 0.175. The highest BCUT2D eigenvalue weighted by Crippen LogP contribution is 2.24. The number of carbonyl (C=O) groups excluding carboxylic acids is 1. The quantitative estimate of drug-likeness (QED) is 0.799. The van der Waals surface area contributed by atoms with Gasteiger partial charge in [-0.15, -0.1) is 4.91 Å². The molecule has 0 unspecified atom stereocenters. The molecule has 0 aromatic carbocycles. The number of rotatable bonds is 3. The number of pyridine rings is 1. The molecule has 1 aromatic heterocycles. The average molecular weight is 320 g/mol. The van der Waals surface area contributed by atoms with Crippen molar-refractivity contribution < 1.29 is 9.53 Å². The molecule has 1 aliphatic heterocycles. The number of hydrogen-bond donors (Lipinski definition) is 0. The zero-order valence-corrected chi connectivity index (χ0v) is 14.2. The minimum Gasteiger partial charge on any atom is -0.444 e. The van der Waals surface area contributed by atoms with Crippen molar-refractivity contribution in [2.45, 2.75) is 45.8 Å². The third-order valence-corrected chi connectivity index (χ3v) is 3.76. The predicted octanol–water partition coefficient (Wildman–Crippen LogP) is 3.32. The molecule has 0 saturated carbocycles. The van der Waals surface area contributed by atoms with Crippen LogP contribution in [0.15, 0.2) is 23.5 Å². The van der Waals surface area contributed by atoms with E-state index in [1.165, 1.54) is 0 Å². The molecule has 1 aliphatic rings. The van der Waals surface area contributed by atoms with Gasteiger partial charge in [-0.3, -0.25) is 0 Å². The normalized spacial score (nSPS) is 18.7. The van der Waals surface area contributed by atoms with Crippen LogP contribution in [0.3, 0.4) is 0 Å². The van der Waals surface area contributed by atoms with Gasteiger partial charge in [-0.05, 0) is 44.5 Å². The topological polar surface area (TPSA) is 75.1 Å². The van der Waals surface area contributed by atoms with Gasteiger partial charge < -0.3 is 14.5 Å². The van der Waals surface area contributed by atoms with Gasteiger partial charge in [0.1, 0.15) is 5.60 Å². The molecule has 2 heterocycles. The lowest BCUT2D eigenvalue weighted by molar-refractivity contribution is 0.0213. The monoisotopic (exact) mass is 320 g/mol. The van der Waals surface area contributed by atoms with Gasteiger partial charge in [-0.1, -0.05) is 6.92 Å². The Morgan fingerprint density at radius 3 is 2.65 bits per heavy atom. The number of nitrogens with zero attached hydrogens (tertiary/aromatic N) is 4. The van der Waals surface area contributed by atoms with E-state index in [-0.39, 0.29) is 18.0 Å². The summed E-state index contributed by atoms with van der Waals surface area (Å²) in [6.07, 6.45) is 2.28. The summed E-state index contributed by atoms with van der Waals surface area (Å²) < 4.78 is 5.45. The number of piperazine rings is 1. The predicted molar refractivity (Wildman–Crippen MR) is 88.9 cm³/mol. The largest absolute Gasteiger partial charge is 0.444 e. The van der Waals surface area contributed by atoms with Crippen LogP contribution in [-0.2, 0) is 4.74 Å². The van der Waals surface area contributed by atoms with Gasteiger partial charge in [0.15, 0.2) is 5.82 Å². The average Bonchev–Trinajstić information content (AvgIpc) is 2.52. The second-order valence-electron chi connectivity index (χ2n) is 6.65. The number of hydrogen-bond acceptors (Lipinski definition) is 6. The molecule has 23 heavy (non-hydrogen) atoms. The van der Waals surface area contributed by atoms with Crippen LogP contribution in [-0.4, -0.2) is 47.3 Å². The van der Waals surface area contributed by atoms with Gasteiger partial charge in [-0.25, -0.2) is 9.78 Å². The smallest absolute Gasteiger partial charge is 0.410 e. The molecule has 1 amide bonds. The zero-order chi connectivity index (χ0) is 17.0. The van der Waals surface area contributed by atoms with E-state index in [2.05, 4.69) is 22.0 Å². The molecule has 0 bridgehead atoms. The van der Waals surface area contributed by atoms with E-state index in [0.29, 0.717) is 19.6 Å². The molecule has 1 fully saturated rings. The van der Waals surface area contributed by atoms with Gasteiger partial charge in [0.25, 0.3) is 0 Å². The number of nitroso groups, excluding NO2 is 1. The lowest BCUT2D eigenvalue weighted by Gasteiger charge is -2.42. The van der Waals surface area contributed by atoms with Crippen molar-refractivity contribution in [3.05, 3.63) is 23.2 Å². The maximum atomic E-state index is 12.2. The summed E-state index contributed by atoms with van der Waals surface area (Å²) in [6.45, 7) is 9.60. The first-order valence-corrected chi connectivity index (χ1v) is 7.88. The zero-order valence-electron chi connectivity index (χ0n) is 14.2. The highest BCUT2D eigenvalue weighted by atomic mass is 16.6. The summed E-state index contributed by atoms with van der Waals surface area (Å²) in [5.41, 5.74) is 0.449. The van der Waals surface area contributed by atoms with Crippen molar-refractivity contribution in [1.82, 2.24) is 9.88 Å². The fraction of sp³-hybridized carbons (Fsp3) is 0.625. The minimum absolute atomic E-state index is 0.175. The molecular weight excluding hydrogens is 296 g/mol. The Kier molecular flexibility index (Phi) is 5.18. The second-order valence-corrected chi connectivity index (χ2v) is 6.65. The second kappa shape index (κ2) is 6.93. The van der Waals surface area contributed by atoms with E-state index in [1.807, 2.05) is 26.8 Å². The first-order valence-electron chi connectivity index (χ1n) is 7.88. The molecule has 1 aromatic rings. The Bertz CT molecular complexity index is 553. The third kappa shape index (κ3) is 4.40. The van der Waals surface area contributed by atoms with Gasteiger partial charge >= 0.3 is 6.09 Å². The molecular formula is C16H24N4O3. The van der Waals surface area contributed by atoms with E-state index in [1.54, 1.807) is 17.2 Å². The van der Waals surface area contributed by atoms with E-state index >= 15 is 0 Å². The van der Waals surface area contributed by atoms with Crippen molar-refractivity contribution >= 4 is 17.6 Å². The lowest BCUT2D eigenvalue weighted by atomic mass is 10.1. The number of carbonyl (C=O) groups is 1. The highest BCUT2D eigenvalue weighted by Gasteiger charge is 2.31. The number of amides is 1. The van der Waals surface area contributed by atoms with Crippen LogP contribution >= 0.6 is 0 Å². The van der Waals surface area contributed by atoms with Gasteiger partial charge in [-0.2, -0.15) is 0 Å². The van der Waals surface area contributed by atoms with Crippen molar-refractivity contribution in [2.75, 3.05) is 24.5 Å². The number of ether oxygens (including phenoxy) is 1. The molecule has 0 N–H and O–H groups in total. The highest BCUT2D eigenvalue weighted by molar-refractivity contribution is 5.69. The molecule has 126 valence electrons. The van der Waals surface area contributed by atoms with Crippen LogP contribution in [0.1, 0.15) is 34.1 Å². The minimum atomic E-state index is -0.489. The Balaban J connectivity index is 2.06. The van der Waals surface area contributed by atoms with Gasteiger partial charge in [0.2, 0.25) is 0 Å². The summed E-state index contributed by atoms with van der Waals surface area (Å²) >= 11 is 0. The van der Waals surface area contributed by atoms with Crippen molar-refractivity contribution in [2.24, 2.45) is 5.18 Å². The van der Waals surface area contributed by atoms with Gasteiger partial charge in [0.05, 0.1) is 11.9 Å². The molecule has 0 aliphatic carbocycles. The van der Waals surface area contributed by atoms with Crippen molar-refractivity contribution in [1.29, 1.82) is 0 Å². The molecule has 0 spiro atoms. The summed E-state index contributed by atoms with van der Waals surface area (Å²) in [5, 5.41) is 2.82. The van der Waals surface area contributed by atoms with E-state index in [0.717, 1.165) is 12.1 Å². The Morgan fingerprint density at radius 2 is 2.13 bits per heavy atom. The number of anilines is 1. The Hall–Kier alpha value is -2.18. The molecule has 1 atom stereocenters. The standard InChI is InChI=1S/C16H24N4O3/c1-5-12-11-19(15(21)23-16(2,3)4)8-9-20(12)13-6-7-14(18-22)17-10-13/h6-7,10,12H,5,8-9,11H2,1-4H3/t12-/m0/s1. The first kappa shape index (κ1) is 17.2. The Morgan fingerprint density at radius 1 is 1.39 bits per heavy atom. The number of aromatic nitrogens is 1. The molecule has 1 saturated heterocycles. The van der Waals surface area contributed by atoms with Crippen LogP contribution in [0, 0.1) is 4.91 Å². The fourth-order valence-corrected chi connectivity index (χ4v) is 2.64. The van der Waals surface area contributed by atoms with E-state index in [9.17, 15) is 9.70 Å². The lowest BCUT2D eigenvalue weighted by Crippen LogP contribution is -2.55. The van der Waals surface area contributed by atoms with Crippen molar-refractivity contribution in [3.8, 4) is 0 Å². The summed E-state index contributed by atoms with van der Waals surface area (Å²) in [6, 6.07) is 3.64. The molecule has 0 radical (unpaired) electrons. The fourth-order valence-electron chi connectivity index (χ4n) is 2.64. The van der Waals surface area contributed by atoms with Crippen LogP contribution < -0.4 is 4.90 Å². The van der Waals surface area contributed by atoms with Crippen LogP contribution in [0.5, 0.6) is 0 Å². The maximum Gasteiger partial charge on any atom is 0.410 e. The SMILES string of the molecule is CC[C@H]1CN(C(=O)OC(C)(C)C)CCN1c1ccc(N=O)nc1. The van der Waals surface area contributed by atoms with Crippen LogP contribution in [0.25, 0.3) is 0 Å². The summed E-state index contributed by atoms with van der Waals surface area (Å²) in [7, 11) is 0. The van der Waals surface area contributed by atoms with E-state index in [4.69, 9.17) is 4.74 Å². The molecule has 2 rings (SSSR count). The first-order chi connectivity index (χ1) is 10.8. The van der Waals surface area contributed by atoms with Crippen LogP contribution in [0.4, 0.5) is 16.3 Å². The Labute approximate surface area is 136 Å². The molecule has 7 nitrogen and oxygen atoms in total. The molecule has 7 heteroatoms. The summed E-state index contributed by atoms with van der Waals surface area (Å²) in [4.78, 5) is 30.7. The van der Waals surface area contributed by atoms with E-state index < -0.39 is 5.60 Å². The maximum absolute atomic E-state index is 12.2. The third-order valence-electron chi connectivity index (χ3n) is 3.76. The van der Waals surface area contributed by atoms with Crippen molar-refractivity contribution in [3.63, 3.8) is 0 Å². The van der Waals surface area contributed by atoms with Gasteiger partial charge in [0, 0.05) is 25.7 Å². The van der Waals surface area contributed by atoms with Crippen LogP contribution in [0.2, 0.25) is 0 Å².